The minimum Gasteiger partial charge on any atom is -0.442 e. The highest BCUT2D eigenvalue weighted by Crippen LogP contribution is 2.32. The highest BCUT2D eigenvalue weighted by molar-refractivity contribution is 5.68. The predicted octanol–water partition coefficient (Wildman–Crippen LogP) is 3.21. The zero-order valence-electron chi connectivity index (χ0n) is 19.0. The highest BCUT2D eigenvalue weighted by atomic mass is 19.4. The summed E-state index contributed by atoms with van der Waals surface area (Å²) < 4.78 is 96.3. The van der Waals surface area contributed by atoms with Crippen molar-refractivity contribution in [2.45, 2.75) is 25.3 Å². The molecule has 10 nitrogen and oxygen atoms in total. The monoisotopic (exact) mass is 539 g/mol. The van der Waals surface area contributed by atoms with Crippen LogP contribution in [0.3, 0.4) is 0 Å². The van der Waals surface area contributed by atoms with Crippen LogP contribution in [0.1, 0.15) is 18.1 Å². The van der Waals surface area contributed by atoms with Gasteiger partial charge in [0.25, 0.3) is 5.56 Å². The molecule has 1 aliphatic rings. The van der Waals surface area contributed by atoms with Gasteiger partial charge in [0.1, 0.15) is 18.0 Å². The number of alkyl halides is 6. The lowest BCUT2D eigenvalue weighted by Crippen LogP contribution is -2.49. The van der Waals surface area contributed by atoms with Crippen molar-refractivity contribution in [2.24, 2.45) is 0 Å². The van der Waals surface area contributed by atoms with Crippen LogP contribution in [0.2, 0.25) is 0 Å². The van der Waals surface area contributed by atoms with Gasteiger partial charge in [-0.25, -0.2) is 24.3 Å². The van der Waals surface area contributed by atoms with E-state index in [9.17, 15) is 40.3 Å². The van der Waals surface area contributed by atoms with Crippen LogP contribution in [-0.4, -0.2) is 70.0 Å². The Hall–Kier alpha value is -3.92. The Morgan fingerprint density at radius 3 is 2.30 bits per heavy atom. The lowest BCUT2D eigenvalue weighted by molar-refractivity contribution is -0.139. The number of aromatic amines is 1. The van der Waals surface area contributed by atoms with Crippen LogP contribution in [-0.2, 0) is 17.1 Å². The van der Waals surface area contributed by atoms with Gasteiger partial charge in [-0.15, -0.1) is 0 Å². The van der Waals surface area contributed by atoms with Crippen molar-refractivity contribution in [3.8, 4) is 0 Å². The quantitative estimate of drug-likeness (QED) is 0.538. The van der Waals surface area contributed by atoms with Crippen LogP contribution >= 0.6 is 0 Å². The molecule has 0 spiro atoms. The molecule has 202 valence electrons. The first-order valence-electron chi connectivity index (χ1n) is 10.6. The van der Waals surface area contributed by atoms with Gasteiger partial charge in [-0.3, -0.25) is 4.79 Å². The number of carbonyl (C=O) groups excluding carboxylic acids is 1. The van der Waals surface area contributed by atoms with Gasteiger partial charge in [0.2, 0.25) is 5.95 Å². The summed E-state index contributed by atoms with van der Waals surface area (Å²) in [6, 6.07) is -1.03. The van der Waals surface area contributed by atoms with Crippen LogP contribution in [0, 0.1) is 0 Å². The Balaban J connectivity index is 1.49. The second-order valence-electron chi connectivity index (χ2n) is 7.83. The first-order valence-corrected chi connectivity index (χ1v) is 10.6. The molecule has 0 aromatic carbocycles. The van der Waals surface area contributed by atoms with Gasteiger partial charge in [-0.05, 0) is 13.0 Å². The average Bonchev–Trinajstić information content (AvgIpc) is 2.81. The Kier molecular flexibility index (Phi) is 8.22. The zero-order valence-corrected chi connectivity index (χ0v) is 19.0. The van der Waals surface area contributed by atoms with Crippen molar-refractivity contribution < 1.29 is 40.3 Å². The number of nitrogens with one attached hydrogen (secondary N) is 2. The molecule has 0 aliphatic carbocycles. The number of hydrogen-bond donors (Lipinski definition) is 2. The summed E-state index contributed by atoms with van der Waals surface area (Å²) >= 11 is 0. The summed E-state index contributed by atoms with van der Waals surface area (Å²) in [7, 11) is 0. The van der Waals surface area contributed by atoms with E-state index in [4.69, 9.17) is 4.74 Å². The number of nitrogens with zero attached hydrogens (tertiary/aromatic N) is 5. The topological polar surface area (TPSA) is 116 Å². The second kappa shape index (κ2) is 11.0. The molecule has 0 radical (unpaired) electrons. The first kappa shape index (κ1) is 27.7. The third kappa shape index (κ3) is 7.29. The Bertz CT molecular complexity index is 1170. The summed E-state index contributed by atoms with van der Waals surface area (Å²) in [6.07, 6.45) is -7.48. The molecule has 37 heavy (non-hydrogen) atoms. The summed E-state index contributed by atoms with van der Waals surface area (Å²) in [5.74, 6) is -0.905. The van der Waals surface area contributed by atoms with E-state index in [-0.39, 0.29) is 32.1 Å². The molecule has 2 N–H and O–H groups in total. The molecule has 1 fully saturated rings. The minimum absolute atomic E-state index is 0.0563. The van der Waals surface area contributed by atoms with Crippen LogP contribution < -0.4 is 15.8 Å². The lowest BCUT2D eigenvalue weighted by atomic mass is 10.2. The van der Waals surface area contributed by atoms with E-state index in [1.807, 2.05) is 0 Å². The third-order valence-corrected chi connectivity index (χ3v) is 5.07. The van der Waals surface area contributed by atoms with E-state index in [0.717, 1.165) is 12.3 Å². The molecule has 3 rings (SSSR count). The molecule has 1 saturated heterocycles. The number of aromatic nitrogens is 4. The third-order valence-electron chi connectivity index (χ3n) is 5.07. The number of carbonyl (C=O) groups is 1. The van der Waals surface area contributed by atoms with E-state index in [0.29, 0.717) is 12.4 Å². The van der Waals surface area contributed by atoms with Gasteiger partial charge in [0, 0.05) is 44.6 Å². The number of piperazine rings is 1. The van der Waals surface area contributed by atoms with Gasteiger partial charge in [-0.1, -0.05) is 0 Å². The maximum atomic E-state index is 14.2. The lowest BCUT2D eigenvalue weighted by Gasteiger charge is -2.34. The van der Waals surface area contributed by atoms with Crippen molar-refractivity contribution >= 4 is 17.7 Å². The number of ether oxygens (including phenoxy) is 1. The fourth-order valence-electron chi connectivity index (χ4n) is 3.34. The molecule has 1 amide bonds. The second-order valence-corrected chi connectivity index (χ2v) is 7.83. The van der Waals surface area contributed by atoms with Crippen molar-refractivity contribution in [3.63, 3.8) is 0 Å². The Labute approximate surface area is 204 Å². The minimum atomic E-state index is -4.97. The Morgan fingerprint density at radius 2 is 1.73 bits per heavy atom. The molecule has 0 unspecified atom stereocenters. The van der Waals surface area contributed by atoms with Crippen LogP contribution in [0.15, 0.2) is 35.3 Å². The normalized spacial score (nSPS) is 15.9. The van der Waals surface area contributed by atoms with E-state index in [1.54, 1.807) is 10.00 Å². The largest absolute Gasteiger partial charge is 0.442 e. The fourth-order valence-corrected chi connectivity index (χ4v) is 3.34. The van der Waals surface area contributed by atoms with Crippen LogP contribution in [0.4, 0.5) is 47.2 Å². The van der Waals surface area contributed by atoms with Gasteiger partial charge in [0.15, 0.2) is 0 Å². The van der Waals surface area contributed by atoms with E-state index < -0.39 is 59.3 Å². The summed E-state index contributed by atoms with van der Waals surface area (Å²) in [4.78, 5) is 33.9. The number of anilines is 2. The predicted molar refractivity (Wildman–Crippen MR) is 114 cm³/mol. The van der Waals surface area contributed by atoms with E-state index >= 15 is 0 Å². The molecular formula is C20H20F7N7O3. The molecule has 0 saturated carbocycles. The smallest absolute Gasteiger partial charge is 0.423 e. The van der Waals surface area contributed by atoms with Crippen molar-refractivity contribution in [1.82, 2.24) is 25.1 Å². The van der Waals surface area contributed by atoms with Crippen molar-refractivity contribution in [2.75, 3.05) is 43.0 Å². The van der Waals surface area contributed by atoms with Gasteiger partial charge in [-0.2, -0.15) is 31.4 Å². The van der Waals surface area contributed by atoms with Gasteiger partial charge in [0.05, 0.1) is 17.4 Å². The number of halogens is 7. The Morgan fingerprint density at radius 1 is 1.11 bits per heavy atom. The fraction of sp³-hybridized carbons (Fsp3) is 0.450. The molecule has 0 bridgehead atoms. The van der Waals surface area contributed by atoms with Crippen LogP contribution in [0.5, 0.6) is 0 Å². The standard InChI is InChI=1S/C20H20F7N7O3/c1-11(31-14-9-30-32-16(35)15(14)20(25,26)27)6-13(21)10-37-18(36)34-4-2-33(3-5-34)17-28-7-12(8-29-17)19(22,23)24/h6-9,11H,2-5,10H2,1H3,(H2,31,32,35)/b13-6-/t11-/m0/s1. The maximum absolute atomic E-state index is 14.2. The molecule has 17 heteroatoms. The van der Waals surface area contributed by atoms with Crippen LogP contribution in [0.25, 0.3) is 0 Å². The number of amides is 1. The van der Waals surface area contributed by atoms with Crippen molar-refractivity contribution in [1.29, 1.82) is 0 Å². The molecular weight excluding hydrogens is 519 g/mol. The molecule has 2 aromatic heterocycles. The van der Waals surface area contributed by atoms with Gasteiger partial charge < -0.3 is 19.9 Å². The van der Waals surface area contributed by atoms with Crippen molar-refractivity contribution in [3.05, 3.63) is 52.0 Å². The SMILES string of the molecule is C[C@@H](/C=C(\F)COC(=O)N1CCN(c2ncc(C(F)(F)F)cn2)CC1)Nc1cn[nH]c(=O)c1C(F)(F)F. The van der Waals surface area contributed by atoms with Gasteiger partial charge >= 0.3 is 18.4 Å². The number of hydrogen-bond acceptors (Lipinski definition) is 8. The summed E-state index contributed by atoms with van der Waals surface area (Å²) in [5, 5.41) is 7.29. The summed E-state index contributed by atoms with van der Waals surface area (Å²) in [6.45, 7) is 1.08. The zero-order chi connectivity index (χ0) is 27.4. The molecule has 1 atom stereocenters. The highest BCUT2D eigenvalue weighted by Gasteiger charge is 2.37. The number of H-pyrrole nitrogens is 1. The molecule has 2 aromatic rings. The average molecular weight is 539 g/mol. The number of rotatable bonds is 6. The van der Waals surface area contributed by atoms with E-state index in [1.165, 1.54) is 11.8 Å². The summed E-state index contributed by atoms with van der Waals surface area (Å²) in [5.41, 5.74) is -4.63. The molecule has 3 heterocycles. The first-order chi connectivity index (χ1) is 17.3. The molecule has 1 aliphatic heterocycles. The van der Waals surface area contributed by atoms with E-state index in [2.05, 4.69) is 20.4 Å². The maximum Gasteiger partial charge on any atom is 0.423 e.